The van der Waals surface area contributed by atoms with E-state index in [1.54, 1.807) is 33.6 Å². The highest BCUT2D eigenvalue weighted by Gasteiger charge is 2.24. The first-order chi connectivity index (χ1) is 18.6. The minimum Gasteiger partial charge on any atom is -0.497 e. The second kappa shape index (κ2) is 11.0. The predicted octanol–water partition coefficient (Wildman–Crippen LogP) is 4.91. The number of nitrogens with one attached hydrogen (secondary N) is 1. The van der Waals surface area contributed by atoms with Crippen LogP contribution in [0, 0.1) is 0 Å². The van der Waals surface area contributed by atoms with Crippen LogP contribution >= 0.6 is 0 Å². The molecule has 5 aromatic rings. The van der Waals surface area contributed by atoms with Gasteiger partial charge < -0.3 is 24.3 Å². The average Bonchev–Trinajstić information content (AvgIpc) is 3.34. The van der Waals surface area contributed by atoms with Gasteiger partial charge in [0.05, 0.1) is 34.1 Å². The predicted molar refractivity (Wildman–Crippen MR) is 144 cm³/mol. The van der Waals surface area contributed by atoms with Crippen LogP contribution in [0.4, 0.5) is 5.82 Å². The molecular weight excluding hydrogens is 484 g/mol. The normalized spacial score (nSPS) is 10.8. The minimum atomic E-state index is 0.451. The summed E-state index contributed by atoms with van der Waals surface area (Å²) in [6.07, 6.45) is 1.66. The molecule has 1 N–H and O–H groups in total. The molecule has 0 atom stereocenters. The monoisotopic (exact) mass is 512 g/mol. The molecule has 0 aliphatic heterocycles. The van der Waals surface area contributed by atoms with Gasteiger partial charge in [-0.05, 0) is 42.8 Å². The summed E-state index contributed by atoms with van der Waals surface area (Å²) in [7, 11) is 4.87. The number of rotatable bonds is 10. The largest absolute Gasteiger partial charge is 0.497 e. The number of hydrogen-bond acceptors (Lipinski definition) is 9. The highest BCUT2D eigenvalue weighted by atomic mass is 16.5. The van der Waals surface area contributed by atoms with E-state index in [1.165, 1.54) is 0 Å². The number of hydrogen-bond donors (Lipinski definition) is 1. The fourth-order valence-electron chi connectivity index (χ4n) is 4.08. The highest BCUT2D eigenvalue weighted by molar-refractivity contribution is 5.80. The summed E-state index contributed by atoms with van der Waals surface area (Å²) in [4.78, 5) is 19.0. The Bertz CT molecular complexity index is 1530. The van der Waals surface area contributed by atoms with E-state index in [0.29, 0.717) is 64.8 Å². The van der Waals surface area contributed by atoms with Crippen molar-refractivity contribution in [3.05, 3.63) is 72.4 Å². The van der Waals surface area contributed by atoms with Gasteiger partial charge >= 0.3 is 0 Å². The summed E-state index contributed by atoms with van der Waals surface area (Å²) >= 11 is 0. The van der Waals surface area contributed by atoms with Crippen LogP contribution in [0.25, 0.3) is 28.5 Å². The van der Waals surface area contributed by atoms with Crippen molar-refractivity contribution < 1.29 is 18.9 Å². The van der Waals surface area contributed by atoms with Gasteiger partial charge in [-0.1, -0.05) is 24.3 Å². The topological polar surface area (TPSA) is 105 Å². The molecule has 0 amide bonds. The lowest BCUT2D eigenvalue weighted by Gasteiger charge is -2.16. The number of ether oxygens (including phenoxy) is 4. The lowest BCUT2D eigenvalue weighted by Crippen LogP contribution is -2.07. The lowest BCUT2D eigenvalue weighted by atomic mass is 10.2. The highest BCUT2D eigenvalue weighted by Crippen LogP contribution is 2.38. The second-order valence-electron chi connectivity index (χ2n) is 8.18. The maximum absolute atomic E-state index is 5.72. The molecule has 2 aromatic carbocycles. The van der Waals surface area contributed by atoms with Gasteiger partial charge in [0.15, 0.2) is 17.1 Å². The number of pyridine rings is 1. The Kier molecular flexibility index (Phi) is 7.21. The van der Waals surface area contributed by atoms with Crippen LogP contribution in [-0.2, 0) is 6.54 Å². The van der Waals surface area contributed by atoms with Crippen molar-refractivity contribution in [3.8, 4) is 40.3 Å². The van der Waals surface area contributed by atoms with Gasteiger partial charge in [-0.3, -0.25) is 4.57 Å². The molecule has 0 unspecified atom stereocenters. The van der Waals surface area contributed by atoms with Crippen LogP contribution < -0.4 is 24.3 Å². The second-order valence-corrected chi connectivity index (χ2v) is 8.18. The van der Waals surface area contributed by atoms with Gasteiger partial charge in [0.2, 0.25) is 5.88 Å². The quantitative estimate of drug-likeness (QED) is 0.279. The summed E-state index contributed by atoms with van der Waals surface area (Å²) in [6, 6.07) is 19.0. The fourth-order valence-corrected chi connectivity index (χ4v) is 4.08. The molecule has 0 radical (unpaired) electrons. The van der Waals surface area contributed by atoms with Crippen molar-refractivity contribution in [2.75, 3.05) is 33.3 Å². The molecule has 0 saturated heterocycles. The molecule has 0 bridgehead atoms. The molecule has 38 heavy (non-hydrogen) atoms. The van der Waals surface area contributed by atoms with Gasteiger partial charge in [0, 0.05) is 12.6 Å². The van der Waals surface area contributed by atoms with E-state index in [0.717, 1.165) is 11.3 Å². The molecule has 0 fully saturated rings. The van der Waals surface area contributed by atoms with Gasteiger partial charge in [0.1, 0.15) is 34.4 Å². The zero-order chi connectivity index (χ0) is 26.5. The van der Waals surface area contributed by atoms with Crippen LogP contribution in [0.1, 0.15) is 12.5 Å². The van der Waals surface area contributed by atoms with E-state index in [9.17, 15) is 0 Å². The summed E-state index contributed by atoms with van der Waals surface area (Å²) in [5.41, 5.74) is 3.28. The molecule has 10 nitrogen and oxygen atoms in total. The molecule has 3 heterocycles. The minimum absolute atomic E-state index is 0.451. The first-order valence-corrected chi connectivity index (χ1v) is 12.1. The Morgan fingerprint density at radius 1 is 0.816 bits per heavy atom. The summed E-state index contributed by atoms with van der Waals surface area (Å²) in [6.45, 7) is 2.97. The summed E-state index contributed by atoms with van der Waals surface area (Å²) < 4.78 is 24.2. The summed E-state index contributed by atoms with van der Waals surface area (Å²) in [5.74, 6) is 3.59. The zero-order valence-electron chi connectivity index (χ0n) is 21.6. The van der Waals surface area contributed by atoms with Crippen molar-refractivity contribution in [2.24, 2.45) is 0 Å². The number of benzene rings is 2. The number of para-hydroxylation sites is 1. The van der Waals surface area contributed by atoms with E-state index in [1.807, 2.05) is 66.1 Å². The fraction of sp³-hybridized carbons (Fsp3) is 0.214. The van der Waals surface area contributed by atoms with Crippen molar-refractivity contribution in [1.82, 2.24) is 24.5 Å². The SMILES string of the molecule is CCOc1cccc(-c2nc3ncc(NCc4ccc(OC)cc4)nc3n2-c2c(OC)cccc2OC)n1. The van der Waals surface area contributed by atoms with Crippen molar-refractivity contribution in [3.63, 3.8) is 0 Å². The van der Waals surface area contributed by atoms with Gasteiger partial charge in [-0.15, -0.1) is 0 Å². The molecule has 0 spiro atoms. The molecule has 0 aliphatic carbocycles. The van der Waals surface area contributed by atoms with Gasteiger partial charge in [0.25, 0.3) is 0 Å². The number of nitrogens with zero attached hydrogens (tertiary/aromatic N) is 5. The first-order valence-electron chi connectivity index (χ1n) is 12.1. The third kappa shape index (κ3) is 4.88. The van der Waals surface area contributed by atoms with Gasteiger partial charge in [-0.25, -0.2) is 19.9 Å². The van der Waals surface area contributed by atoms with E-state index in [2.05, 4.69) is 15.3 Å². The Labute approximate surface area is 220 Å². The third-order valence-corrected chi connectivity index (χ3v) is 5.87. The van der Waals surface area contributed by atoms with Crippen LogP contribution in [0.3, 0.4) is 0 Å². The zero-order valence-corrected chi connectivity index (χ0v) is 21.6. The molecule has 0 aliphatic rings. The molecule has 10 heteroatoms. The first kappa shape index (κ1) is 24.8. The number of methoxy groups -OCH3 is 3. The molecule has 3 aromatic heterocycles. The van der Waals surface area contributed by atoms with E-state index in [-0.39, 0.29) is 0 Å². The van der Waals surface area contributed by atoms with E-state index < -0.39 is 0 Å². The Balaban J connectivity index is 1.64. The molecule has 194 valence electrons. The molecular formula is C28H28N6O4. The molecule has 5 rings (SSSR count). The Morgan fingerprint density at radius 3 is 2.24 bits per heavy atom. The van der Waals surface area contributed by atoms with Crippen molar-refractivity contribution in [1.29, 1.82) is 0 Å². The molecule has 0 saturated carbocycles. The van der Waals surface area contributed by atoms with E-state index in [4.69, 9.17) is 28.9 Å². The number of aromatic nitrogens is 5. The van der Waals surface area contributed by atoms with Crippen molar-refractivity contribution in [2.45, 2.75) is 13.5 Å². The smallest absolute Gasteiger partial charge is 0.213 e. The number of imidazole rings is 1. The van der Waals surface area contributed by atoms with Crippen LogP contribution in [0.5, 0.6) is 23.1 Å². The van der Waals surface area contributed by atoms with Crippen LogP contribution in [0.2, 0.25) is 0 Å². The average molecular weight is 513 g/mol. The number of anilines is 1. The van der Waals surface area contributed by atoms with E-state index >= 15 is 0 Å². The summed E-state index contributed by atoms with van der Waals surface area (Å²) in [5, 5.41) is 3.35. The van der Waals surface area contributed by atoms with Crippen LogP contribution in [-0.4, -0.2) is 52.4 Å². The Hall–Kier alpha value is -4.86. The maximum Gasteiger partial charge on any atom is 0.213 e. The third-order valence-electron chi connectivity index (χ3n) is 5.87. The Morgan fingerprint density at radius 2 is 1.55 bits per heavy atom. The van der Waals surface area contributed by atoms with Gasteiger partial charge in [-0.2, -0.15) is 0 Å². The number of fused-ring (bicyclic) bond motifs is 1. The van der Waals surface area contributed by atoms with Crippen molar-refractivity contribution >= 4 is 17.1 Å². The van der Waals surface area contributed by atoms with Crippen LogP contribution in [0.15, 0.2) is 66.9 Å². The lowest BCUT2D eigenvalue weighted by molar-refractivity contribution is 0.327. The maximum atomic E-state index is 5.72. The standard InChI is InChI=1S/C28H28N6O4/c1-5-38-24-11-6-8-20(31-24)27-33-26-28(34(27)25-21(36-3)9-7-10-22(25)37-4)32-23(17-30-26)29-16-18-12-14-19(35-2)15-13-18/h6-15,17H,5,16H2,1-4H3,(H,29,32).